The second-order valence-electron chi connectivity index (χ2n) is 3.90. The van der Waals surface area contributed by atoms with E-state index in [4.69, 9.17) is 16.3 Å². The largest absolute Gasteiger partial charge is 0.450 e. The van der Waals surface area contributed by atoms with Gasteiger partial charge in [0.15, 0.2) is 0 Å². The molecule has 0 aliphatic heterocycles. The van der Waals surface area contributed by atoms with Crippen LogP contribution in [0.25, 0.3) is 0 Å². The summed E-state index contributed by atoms with van der Waals surface area (Å²) in [4.78, 5) is 10.4. The van der Waals surface area contributed by atoms with E-state index >= 15 is 0 Å². The van der Waals surface area contributed by atoms with Gasteiger partial charge in [-0.25, -0.2) is 4.39 Å². The fourth-order valence-corrected chi connectivity index (χ4v) is 2.20. The Balaban J connectivity index is 2.39. The summed E-state index contributed by atoms with van der Waals surface area (Å²) in [6.07, 6.45) is 0. The highest BCUT2D eigenvalue weighted by molar-refractivity contribution is 9.10. The topological polar surface area (TPSA) is 52.4 Å². The third-order valence-corrected chi connectivity index (χ3v) is 3.20. The molecule has 4 nitrogen and oxygen atoms in total. The third kappa shape index (κ3) is 3.46. The lowest BCUT2D eigenvalue weighted by molar-refractivity contribution is -0.385. The molecular formula is C13H8BrClFNO3. The van der Waals surface area contributed by atoms with Crippen LogP contribution in [0.15, 0.2) is 40.9 Å². The normalized spacial score (nSPS) is 10.3. The molecule has 2 aromatic rings. The number of alkyl halides is 1. The van der Waals surface area contributed by atoms with Gasteiger partial charge >= 0.3 is 5.69 Å². The molecule has 0 aliphatic carbocycles. The second kappa shape index (κ2) is 6.19. The van der Waals surface area contributed by atoms with Crippen molar-refractivity contribution in [2.45, 2.75) is 5.88 Å². The van der Waals surface area contributed by atoms with Crippen molar-refractivity contribution in [3.8, 4) is 11.5 Å². The smallest absolute Gasteiger partial charge is 0.311 e. The second-order valence-corrected chi connectivity index (χ2v) is 5.08. The molecule has 0 saturated carbocycles. The molecule has 2 aromatic carbocycles. The molecular weight excluding hydrogens is 353 g/mol. The minimum atomic E-state index is -0.570. The Hall–Kier alpha value is -1.66. The fourth-order valence-electron chi connectivity index (χ4n) is 1.59. The average Bonchev–Trinajstić information content (AvgIpc) is 2.37. The van der Waals surface area contributed by atoms with Gasteiger partial charge in [-0.1, -0.05) is 22.0 Å². The van der Waals surface area contributed by atoms with Crippen molar-refractivity contribution in [1.82, 2.24) is 0 Å². The lowest BCUT2D eigenvalue weighted by Crippen LogP contribution is -1.95. The summed E-state index contributed by atoms with van der Waals surface area (Å²) in [7, 11) is 0. The van der Waals surface area contributed by atoms with E-state index in [-0.39, 0.29) is 23.1 Å². The highest BCUT2D eigenvalue weighted by atomic mass is 79.9. The molecule has 0 bridgehead atoms. The number of benzene rings is 2. The molecule has 0 spiro atoms. The zero-order valence-corrected chi connectivity index (χ0v) is 12.3. The number of hydrogen-bond donors (Lipinski definition) is 0. The maximum atomic E-state index is 13.2. The first-order valence-corrected chi connectivity index (χ1v) is 6.79. The molecule has 0 aliphatic rings. The van der Waals surface area contributed by atoms with E-state index < -0.39 is 10.7 Å². The van der Waals surface area contributed by atoms with Gasteiger partial charge in [-0.2, -0.15) is 0 Å². The molecule has 20 heavy (non-hydrogen) atoms. The summed E-state index contributed by atoms with van der Waals surface area (Å²) < 4.78 is 19.1. The summed E-state index contributed by atoms with van der Waals surface area (Å²) in [5.41, 5.74) is 0.384. The minimum Gasteiger partial charge on any atom is -0.450 e. The highest BCUT2D eigenvalue weighted by Gasteiger charge is 2.17. The molecule has 0 unspecified atom stereocenters. The lowest BCUT2D eigenvalue weighted by atomic mass is 10.2. The van der Waals surface area contributed by atoms with E-state index in [1.807, 2.05) is 0 Å². The number of nitrogens with zero attached hydrogens (tertiary/aromatic N) is 1. The van der Waals surface area contributed by atoms with Crippen LogP contribution in [-0.4, -0.2) is 4.92 Å². The Bertz CT molecular complexity index is 646. The molecule has 0 fully saturated rings. The van der Waals surface area contributed by atoms with Crippen LogP contribution in [0.1, 0.15) is 5.56 Å². The van der Waals surface area contributed by atoms with Crippen molar-refractivity contribution in [1.29, 1.82) is 0 Å². The molecule has 0 heterocycles. The van der Waals surface area contributed by atoms with Gasteiger partial charge in [-0.15, -0.1) is 11.6 Å². The minimum absolute atomic E-state index is 0.0290. The van der Waals surface area contributed by atoms with Gasteiger partial charge < -0.3 is 4.74 Å². The molecule has 0 N–H and O–H groups in total. The Morgan fingerprint density at radius 3 is 2.65 bits per heavy atom. The molecule has 0 aromatic heterocycles. The van der Waals surface area contributed by atoms with Crippen LogP contribution in [0.5, 0.6) is 11.5 Å². The van der Waals surface area contributed by atoms with Gasteiger partial charge in [-0.3, -0.25) is 10.1 Å². The molecule has 0 amide bonds. The maximum absolute atomic E-state index is 13.2. The Labute approximate surface area is 127 Å². The first-order valence-electron chi connectivity index (χ1n) is 5.47. The molecule has 7 heteroatoms. The zero-order valence-electron chi connectivity index (χ0n) is 9.98. The van der Waals surface area contributed by atoms with E-state index in [2.05, 4.69) is 15.9 Å². The number of rotatable bonds is 4. The van der Waals surface area contributed by atoms with Gasteiger partial charge in [-0.05, 0) is 23.8 Å². The van der Waals surface area contributed by atoms with Crippen molar-refractivity contribution in [2.24, 2.45) is 0 Å². The molecule has 104 valence electrons. The predicted octanol–water partition coefficient (Wildman–Crippen LogP) is 5.03. The standard InChI is InChI=1S/C13H8BrClFNO3/c14-9-4-10(16)6-11(5-9)20-13-2-1-8(7-15)3-12(13)17(18)19/h1-6H,7H2. The summed E-state index contributed by atoms with van der Waals surface area (Å²) in [5, 5.41) is 11.0. The van der Waals surface area contributed by atoms with Crippen molar-refractivity contribution < 1.29 is 14.1 Å². The van der Waals surface area contributed by atoms with Gasteiger partial charge in [0.2, 0.25) is 5.75 Å². The van der Waals surface area contributed by atoms with Crippen LogP contribution in [0.3, 0.4) is 0 Å². The van der Waals surface area contributed by atoms with Crippen molar-refractivity contribution in [2.75, 3.05) is 0 Å². The SMILES string of the molecule is O=[N+]([O-])c1cc(CCl)ccc1Oc1cc(F)cc(Br)c1. The van der Waals surface area contributed by atoms with Gasteiger partial charge in [0.1, 0.15) is 11.6 Å². The molecule has 2 rings (SSSR count). The van der Waals surface area contributed by atoms with E-state index in [1.165, 1.54) is 24.3 Å². The Morgan fingerprint density at radius 2 is 2.05 bits per heavy atom. The monoisotopic (exact) mass is 359 g/mol. The average molecular weight is 361 g/mol. The van der Waals surface area contributed by atoms with Gasteiger partial charge in [0.05, 0.1) is 4.92 Å². The first-order chi connectivity index (χ1) is 9.49. The quantitative estimate of drug-likeness (QED) is 0.436. The zero-order chi connectivity index (χ0) is 14.7. The van der Waals surface area contributed by atoms with Crippen LogP contribution in [0, 0.1) is 15.9 Å². The van der Waals surface area contributed by atoms with Crippen LogP contribution in [0.2, 0.25) is 0 Å². The summed E-state index contributed by atoms with van der Waals surface area (Å²) in [5.74, 6) is -0.151. The maximum Gasteiger partial charge on any atom is 0.311 e. The van der Waals surface area contributed by atoms with Crippen molar-refractivity contribution in [3.05, 3.63) is 62.4 Å². The van der Waals surface area contributed by atoms with Gasteiger partial charge in [0.25, 0.3) is 0 Å². The fraction of sp³-hybridized carbons (Fsp3) is 0.0769. The summed E-state index contributed by atoms with van der Waals surface area (Å²) >= 11 is 8.76. The number of halogens is 3. The third-order valence-electron chi connectivity index (χ3n) is 2.44. The number of nitro groups is 1. The van der Waals surface area contributed by atoms with Gasteiger partial charge in [0, 0.05) is 22.5 Å². The predicted molar refractivity (Wildman–Crippen MR) is 76.8 cm³/mol. The van der Waals surface area contributed by atoms with E-state index in [1.54, 1.807) is 6.07 Å². The van der Waals surface area contributed by atoms with Crippen molar-refractivity contribution >= 4 is 33.2 Å². The molecule has 0 atom stereocenters. The number of nitro benzene ring substituents is 1. The van der Waals surface area contributed by atoms with Crippen LogP contribution in [-0.2, 0) is 5.88 Å². The van der Waals surface area contributed by atoms with E-state index in [0.29, 0.717) is 10.0 Å². The summed E-state index contributed by atoms with van der Waals surface area (Å²) in [6, 6.07) is 8.30. The number of hydrogen-bond acceptors (Lipinski definition) is 3. The Kier molecular flexibility index (Phi) is 4.57. The van der Waals surface area contributed by atoms with Crippen LogP contribution in [0.4, 0.5) is 10.1 Å². The number of ether oxygens (including phenoxy) is 1. The highest BCUT2D eigenvalue weighted by Crippen LogP contribution is 2.33. The van der Waals surface area contributed by atoms with E-state index in [9.17, 15) is 14.5 Å². The molecule has 0 saturated heterocycles. The summed E-state index contributed by atoms with van der Waals surface area (Å²) in [6.45, 7) is 0. The van der Waals surface area contributed by atoms with E-state index in [0.717, 1.165) is 6.07 Å². The first kappa shape index (κ1) is 14.7. The molecule has 0 radical (unpaired) electrons. The Morgan fingerprint density at radius 1 is 1.30 bits per heavy atom. The van der Waals surface area contributed by atoms with Crippen molar-refractivity contribution in [3.63, 3.8) is 0 Å². The van der Waals surface area contributed by atoms with Crippen LogP contribution >= 0.6 is 27.5 Å². The van der Waals surface area contributed by atoms with Crippen LogP contribution < -0.4 is 4.74 Å². The lowest BCUT2D eigenvalue weighted by Gasteiger charge is -2.08.